The van der Waals surface area contributed by atoms with Crippen molar-refractivity contribution in [3.63, 3.8) is 0 Å². The molecule has 3 aromatic rings. The van der Waals surface area contributed by atoms with Crippen molar-refractivity contribution in [3.8, 4) is 22.6 Å². The van der Waals surface area contributed by atoms with E-state index in [-0.39, 0.29) is 17.9 Å². The number of non-ortho nitro benzene ring substituents is 1. The molecule has 0 bridgehead atoms. The predicted molar refractivity (Wildman–Crippen MR) is 107 cm³/mol. The molecule has 3 rings (SSSR count). The lowest BCUT2D eigenvalue weighted by Crippen LogP contribution is -2.04. The van der Waals surface area contributed by atoms with E-state index in [1.807, 2.05) is 30.3 Å². The van der Waals surface area contributed by atoms with Gasteiger partial charge < -0.3 is 14.9 Å². The van der Waals surface area contributed by atoms with Gasteiger partial charge >= 0.3 is 0 Å². The smallest absolute Gasteiger partial charge is 0.269 e. The molecule has 0 radical (unpaired) electrons. The first kappa shape index (κ1) is 20.0. The zero-order valence-corrected chi connectivity index (χ0v) is 15.7. The molecule has 0 spiro atoms. The maximum atomic E-state index is 11.7. The van der Waals surface area contributed by atoms with E-state index >= 15 is 0 Å². The Labute approximate surface area is 167 Å². The summed E-state index contributed by atoms with van der Waals surface area (Å²) in [6.45, 7) is 1.89. The third-order valence-corrected chi connectivity index (χ3v) is 4.68. The average molecular weight is 393 g/mol. The molecule has 29 heavy (non-hydrogen) atoms. The average Bonchev–Trinajstić information content (AvgIpc) is 2.73. The SMILES string of the molecule is Cc1c(O)c(O)c(C=O)c(COCc2ccccc2)c1-c1ccc([N+](=O)[O-])cc1. The second kappa shape index (κ2) is 8.53. The van der Waals surface area contributed by atoms with Gasteiger partial charge in [0.2, 0.25) is 0 Å². The molecular weight excluding hydrogens is 374 g/mol. The monoisotopic (exact) mass is 393 g/mol. The third kappa shape index (κ3) is 4.09. The number of carbonyl (C=O) groups excluding carboxylic acids is 1. The van der Waals surface area contributed by atoms with Gasteiger partial charge in [0, 0.05) is 23.3 Å². The van der Waals surface area contributed by atoms with Gasteiger partial charge in [-0.3, -0.25) is 14.9 Å². The van der Waals surface area contributed by atoms with Gasteiger partial charge in [-0.25, -0.2) is 0 Å². The first-order valence-corrected chi connectivity index (χ1v) is 8.83. The van der Waals surface area contributed by atoms with Crippen LogP contribution in [-0.2, 0) is 18.0 Å². The molecule has 0 fully saturated rings. The topological polar surface area (TPSA) is 110 Å². The number of hydrogen-bond acceptors (Lipinski definition) is 6. The van der Waals surface area contributed by atoms with E-state index in [0.717, 1.165) is 5.56 Å². The molecule has 0 saturated heterocycles. The molecule has 0 heterocycles. The molecule has 0 aromatic heterocycles. The summed E-state index contributed by atoms with van der Waals surface area (Å²) in [5, 5.41) is 31.4. The number of phenols is 2. The van der Waals surface area contributed by atoms with E-state index in [0.29, 0.717) is 35.1 Å². The number of aldehydes is 1. The number of nitro benzene ring substituents is 1. The fourth-order valence-corrected chi connectivity index (χ4v) is 3.19. The minimum Gasteiger partial charge on any atom is -0.504 e. The van der Waals surface area contributed by atoms with E-state index in [1.165, 1.54) is 24.3 Å². The molecule has 0 aliphatic carbocycles. The maximum Gasteiger partial charge on any atom is 0.269 e. The third-order valence-electron chi connectivity index (χ3n) is 4.68. The highest BCUT2D eigenvalue weighted by Crippen LogP contribution is 2.42. The summed E-state index contributed by atoms with van der Waals surface area (Å²) in [6, 6.07) is 15.2. The summed E-state index contributed by atoms with van der Waals surface area (Å²) in [4.78, 5) is 22.1. The van der Waals surface area contributed by atoms with Crippen LogP contribution >= 0.6 is 0 Å². The molecule has 0 aliphatic rings. The Kier molecular flexibility index (Phi) is 5.90. The number of ether oxygens (including phenoxy) is 1. The first-order chi connectivity index (χ1) is 13.9. The molecule has 148 valence electrons. The Hall–Kier alpha value is -3.71. The molecule has 0 aliphatic heterocycles. The molecule has 0 unspecified atom stereocenters. The predicted octanol–water partition coefficient (Wildman–Crippen LogP) is 4.51. The van der Waals surface area contributed by atoms with E-state index in [9.17, 15) is 25.1 Å². The van der Waals surface area contributed by atoms with Crippen molar-refractivity contribution < 1.29 is 24.7 Å². The molecule has 0 atom stereocenters. The molecule has 7 heteroatoms. The van der Waals surface area contributed by atoms with Crippen molar-refractivity contribution in [2.75, 3.05) is 0 Å². The molecular formula is C22H19NO6. The number of aromatic hydroxyl groups is 2. The molecule has 3 aromatic carbocycles. The van der Waals surface area contributed by atoms with Crippen molar-refractivity contribution in [2.45, 2.75) is 20.1 Å². The number of nitrogens with zero attached hydrogens (tertiary/aromatic N) is 1. The van der Waals surface area contributed by atoms with Crippen molar-refractivity contribution in [1.82, 2.24) is 0 Å². The van der Waals surface area contributed by atoms with Gasteiger partial charge in [-0.2, -0.15) is 0 Å². The van der Waals surface area contributed by atoms with Gasteiger partial charge in [-0.1, -0.05) is 30.3 Å². The van der Waals surface area contributed by atoms with Crippen LogP contribution in [0.5, 0.6) is 11.5 Å². The van der Waals surface area contributed by atoms with Crippen LogP contribution in [0.2, 0.25) is 0 Å². The lowest BCUT2D eigenvalue weighted by atomic mass is 9.90. The van der Waals surface area contributed by atoms with Gasteiger partial charge in [-0.15, -0.1) is 0 Å². The van der Waals surface area contributed by atoms with E-state index in [4.69, 9.17) is 4.74 Å². The summed E-state index contributed by atoms with van der Waals surface area (Å²) in [5.74, 6) is -0.922. The van der Waals surface area contributed by atoms with Crippen LogP contribution in [0.15, 0.2) is 54.6 Å². The minimum atomic E-state index is -0.513. The highest BCUT2D eigenvalue weighted by atomic mass is 16.6. The second-order valence-electron chi connectivity index (χ2n) is 6.49. The van der Waals surface area contributed by atoms with E-state index in [2.05, 4.69) is 0 Å². The van der Waals surface area contributed by atoms with Crippen LogP contribution in [0, 0.1) is 17.0 Å². The quantitative estimate of drug-likeness (QED) is 0.264. The number of nitro groups is 1. The van der Waals surface area contributed by atoms with Crippen LogP contribution < -0.4 is 0 Å². The van der Waals surface area contributed by atoms with Crippen LogP contribution in [0.25, 0.3) is 11.1 Å². The van der Waals surface area contributed by atoms with Crippen LogP contribution in [0.4, 0.5) is 5.69 Å². The zero-order valence-electron chi connectivity index (χ0n) is 15.7. The summed E-state index contributed by atoms with van der Waals surface area (Å²) in [5.41, 5.74) is 2.59. The standard InChI is InChI=1S/C22H19NO6/c1-14-20(16-7-9-17(10-8-16)23(27)28)19(18(11-24)22(26)21(14)25)13-29-12-15-5-3-2-4-6-15/h2-11,25-26H,12-13H2,1H3. The Morgan fingerprint density at radius 2 is 1.66 bits per heavy atom. The second-order valence-corrected chi connectivity index (χ2v) is 6.49. The summed E-state index contributed by atoms with van der Waals surface area (Å²) >= 11 is 0. The number of carbonyl (C=O) groups is 1. The Morgan fingerprint density at radius 1 is 1.00 bits per heavy atom. The highest BCUT2D eigenvalue weighted by Gasteiger charge is 2.22. The first-order valence-electron chi connectivity index (χ1n) is 8.83. The van der Waals surface area contributed by atoms with E-state index in [1.54, 1.807) is 6.92 Å². The molecule has 2 N–H and O–H groups in total. The molecule has 7 nitrogen and oxygen atoms in total. The fourth-order valence-electron chi connectivity index (χ4n) is 3.19. The molecule has 0 amide bonds. The number of hydrogen-bond donors (Lipinski definition) is 2. The van der Waals surface area contributed by atoms with Crippen molar-refractivity contribution >= 4 is 12.0 Å². The summed E-state index contributed by atoms with van der Waals surface area (Å²) < 4.78 is 5.76. The fraction of sp³-hybridized carbons (Fsp3) is 0.136. The Bertz CT molecular complexity index is 1050. The number of rotatable bonds is 7. The van der Waals surface area contributed by atoms with Crippen LogP contribution in [0.1, 0.15) is 27.0 Å². The number of phenolic OH excluding ortho intramolecular Hbond substituents is 2. The number of benzene rings is 3. The van der Waals surface area contributed by atoms with Crippen molar-refractivity contribution in [1.29, 1.82) is 0 Å². The maximum absolute atomic E-state index is 11.7. The largest absolute Gasteiger partial charge is 0.504 e. The van der Waals surface area contributed by atoms with Crippen molar-refractivity contribution in [2.24, 2.45) is 0 Å². The van der Waals surface area contributed by atoms with Gasteiger partial charge in [0.05, 0.1) is 23.7 Å². The summed E-state index contributed by atoms with van der Waals surface area (Å²) in [7, 11) is 0. The lowest BCUT2D eigenvalue weighted by molar-refractivity contribution is -0.384. The van der Waals surface area contributed by atoms with Gasteiger partial charge in [0.1, 0.15) is 0 Å². The lowest BCUT2D eigenvalue weighted by Gasteiger charge is -2.18. The normalized spacial score (nSPS) is 10.7. The Morgan fingerprint density at radius 3 is 2.24 bits per heavy atom. The minimum absolute atomic E-state index is 0.00394. The van der Waals surface area contributed by atoms with Crippen LogP contribution in [-0.4, -0.2) is 21.4 Å². The summed E-state index contributed by atoms with van der Waals surface area (Å²) in [6.07, 6.45) is 0.463. The van der Waals surface area contributed by atoms with Crippen molar-refractivity contribution in [3.05, 3.63) is 87.0 Å². The van der Waals surface area contributed by atoms with Crippen LogP contribution in [0.3, 0.4) is 0 Å². The molecule has 0 saturated carbocycles. The zero-order chi connectivity index (χ0) is 21.0. The van der Waals surface area contributed by atoms with Gasteiger partial charge in [-0.05, 0) is 35.7 Å². The van der Waals surface area contributed by atoms with E-state index < -0.39 is 16.4 Å². The van der Waals surface area contributed by atoms with Gasteiger partial charge in [0.25, 0.3) is 5.69 Å². The highest BCUT2D eigenvalue weighted by molar-refractivity contribution is 5.90. The Balaban J connectivity index is 2.04. The van der Waals surface area contributed by atoms with Gasteiger partial charge in [0.15, 0.2) is 17.8 Å².